The first-order valence-corrected chi connectivity index (χ1v) is 8.62. The van der Waals surface area contributed by atoms with Gasteiger partial charge in [-0.3, -0.25) is 4.79 Å². The third kappa shape index (κ3) is 3.88. The van der Waals surface area contributed by atoms with Crippen LogP contribution in [0.25, 0.3) is 11.3 Å². The van der Waals surface area contributed by atoms with E-state index in [2.05, 4.69) is 26.4 Å². The van der Waals surface area contributed by atoms with Crippen molar-refractivity contribution >= 4 is 21.8 Å². The molecule has 3 aromatic rings. The van der Waals surface area contributed by atoms with E-state index in [0.717, 1.165) is 21.3 Å². The lowest BCUT2D eigenvalue weighted by Crippen LogP contribution is -2.23. The molecule has 0 bridgehead atoms. The van der Waals surface area contributed by atoms with Crippen molar-refractivity contribution in [3.05, 3.63) is 64.3 Å². The van der Waals surface area contributed by atoms with E-state index >= 15 is 0 Å². The molecule has 0 fully saturated rings. The normalized spacial score (nSPS) is 10.4. The molecule has 0 aliphatic heterocycles. The van der Waals surface area contributed by atoms with Crippen molar-refractivity contribution in [2.24, 2.45) is 0 Å². The fourth-order valence-corrected chi connectivity index (χ4v) is 3.03. The van der Waals surface area contributed by atoms with Gasteiger partial charge in [0, 0.05) is 23.7 Å². The predicted octanol–water partition coefficient (Wildman–Crippen LogP) is 4.05. The largest absolute Gasteiger partial charge is 0.497 e. The third-order valence-corrected chi connectivity index (χ3v) is 4.43. The summed E-state index contributed by atoms with van der Waals surface area (Å²) in [5.74, 6) is 1.62. The molecule has 0 atom stereocenters. The van der Waals surface area contributed by atoms with Crippen LogP contribution in [-0.4, -0.2) is 25.3 Å². The average Bonchev–Trinajstić information content (AvgIpc) is 3.16. The van der Waals surface area contributed by atoms with Gasteiger partial charge in [0.05, 0.1) is 18.7 Å². The number of halogens is 1. The molecule has 0 saturated heterocycles. The zero-order valence-corrected chi connectivity index (χ0v) is 15.9. The number of amides is 1. The number of hydrogen-bond donors (Lipinski definition) is 1. The monoisotopic (exact) mass is 416 g/mol. The van der Waals surface area contributed by atoms with Crippen molar-refractivity contribution in [3.8, 4) is 22.8 Å². The Morgan fingerprint density at radius 2 is 1.92 bits per heavy atom. The van der Waals surface area contributed by atoms with Gasteiger partial charge < -0.3 is 19.3 Å². The van der Waals surface area contributed by atoms with E-state index in [1.165, 1.54) is 0 Å². The van der Waals surface area contributed by atoms with Crippen molar-refractivity contribution in [2.45, 2.75) is 6.54 Å². The molecule has 0 saturated carbocycles. The maximum Gasteiger partial charge on any atom is 0.273 e. The maximum atomic E-state index is 12.3. The average molecular weight is 417 g/mol. The van der Waals surface area contributed by atoms with Crippen LogP contribution in [0.1, 0.15) is 16.1 Å². The van der Waals surface area contributed by atoms with E-state index in [1.807, 2.05) is 42.5 Å². The summed E-state index contributed by atoms with van der Waals surface area (Å²) in [6.45, 7) is 0.312. The Morgan fingerprint density at radius 3 is 2.62 bits per heavy atom. The Morgan fingerprint density at radius 1 is 1.15 bits per heavy atom. The number of ether oxygens (including phenoxy) is 2. The minimum atomic E-state index is -0.324. The van der Waals surface area contributed by atoms with Gasteiger partial charge in [-0.15, -0.1) is 0 Å². The number of nitrogens with one attached hydrogen (secondary N) is 1. The second-order valence-corrected chi connectivity index (χ2v) is 6.27. The van der Waals surface area contributed by atoms with E-state index in [-0.39, 0.29) is 11.6 Å². The SMILES string of the molecule is COc1ccc(-c2cc(C(=O)NCc3cccc(Br)c3OC)no2)cc1. The number of methoxy groups -OCH3 is 2. The zero-order valence-electron chi connectivity index (χ0n) is 14.3. The highest BCUT2D eigenvalue weighted by Crippen LogP contribution is 2.28. The highest BCUT2D eigenvalue weighted by Gasteiger charge is 2.15. The highest BCUT2D eigenvalue weighted by atomic mass is 79.9. The number of benzene rings is 2. The van der Waals surface area contributed by atoms with Crippen molar-refractivity contribution in [3.63, 3.8) is 0 Å². The van der Waals surface area contributed by atoms with Gasteiger partial charge in [-0.2, -0.15) is 0 Å². The number of para-hydroxylation sites is 1. The van der Waals surface area contributed by atoms with E-state index in [9.17, 15) is 4.79 Å². The van der Waals surface area contributed by atoms with E-state index in [4.69, 9.17) is 14.0 Å². The lowest BCUT2D eigenvalue weighted by Gasteiger charge is -2.10. The predicted molar refractivity (Wildman–Crippen MR) is 100 cm³/mol. The second kappa shape index (κ2) is 8.05. The lowest BCUT2D eigenvalue weighted by molar-refractivity contribution is 0.0941. The number of rotatable bonds is 6. The molecule has 0 aliphatic rings. The van der Waals surface area contributed by atoms with E-state index in [0.29, 0.717) is 18.1 Å². The molecular formula is C19H17BrN2O4. The van der Waals surface area contributed by atoms with Gasteiger partial charge in [-0.05, 0) is 46.3 Å². The molecule has 0 aliphatic carbocycles. The summed E-state index contributed by atoms with van der Waals surface area (Å²) in [5.41, 5.74) is 1.88. The third-order valence-electron chi connectivity index (χ3n) is 3.81. The molecule has 1 N–H and O–H groups in total. The van der Waals surface area contributed by atoms with E-state index in [1.54, 1.807) is 20.3 Å². The Kier molecular flexibility index (Phi) is 5.58. The first-order chi connectivity index (χ1) is 12.6. The molecule has 2 aromatic carbocycles. The van der Waals surface area contributed by atoms with Gasteiger partial charge in [-0.25, -0.2) is 0 Å². The van der Waals surface area contributed by atoms with Crippen molar-refractivity contribution in [1.82, 2.24) is 10.5 Å². The second-order valence-electron chi connectivity index (χ2n) is 5.42. The highest BCUT2D eigenvalue weighted by molar-refractivity contribution is 9.10. The van der Waals surface area contributed by atoms with Crippen LogP contribution in [0.3, 0.4) is 0 Å². The minimum Gasteiger partial charge on any atom is -0.497 e. The number of aromatic nitrogens is 1. The Bertz CT molecular complexity index is 906. The van der Waals surface area contributed by atoms with Crippen molar-refractivity contribution in [2.75, 3.05) is 14.2 Å². The first-order valence-electron chi connectivity index (χ1n) is 7.83. The van der Waals surface area contributed by atoms with Crippen molar-refractivity contribution in [1.29, 1.82) is 0 Å². The zero-order chi connectivity index (χ0) is 18.5. The Balaban J connectivity index is 1.69. The molecule has 6 nitrogen and oxygen atoms in total. The van der Waals surface area contributed by atoms with Crippen LogP contribution < -0.4 is 14.8 Å². The minimum absolute atomic E-state index is 0.213. The van der Waals surface area contributed by atoms with Crippen LogP contribution in [-0.2, 0) is 6.54 Å². The standard InChI is InChI=1S/C19H17BrN2O4/c1-24-14-8-6-12(7-9-14)17-10-16(22-26-17)19(23)21-11-13-4-3-5-15(20)18(13)25-2/h3-10H,11H2,1-2H3,(H,21,23). The number of hydrogen-bond acceptors (Lipinski definition) is 5. The van der Waals surface area contributed by atoms with Crippen LogP contribution in [0, 0.1) is 0 Å². The summed E-state index contributed by atoms with van der Waals surface area (Å²) < 4.78 is 16.6. The van der Waals surface area contributed by atoms with Gasteiger partial charge in [0.2, 0.25) is 0 Å². The maximum absolute atomic E-state index is 12.3. The number of carbonyl (C=O) groups excluding carboxylic acids is 1. The summed E-state index contributed by atoms with van der Waals surface area (Å²) in [6.07, 6.45) is 0. The van der Waals surface area contributed by atoms with Gasteiger partial charge in [0.1, 0.15) is 11.5 Å². The number of carbonyl (C=O) groups is 1. The van der Waals surface area contributed by atoms with Gasteiger partial charge in [0.15, 0.2) is 11.5 Å². The fourth-order valence-electron chi connectivity index (χ4n) is 2.46. The molecule has 0 radical (unpaired) electrons. The number of nitrogens with zero attached hydrogens (tertiary/aromatic N) is 1. The molecule has 1 heterocycles. The van der Waals surface area contributed by atoms with Crippen LogP contribution in [0.5, 0.6) is 11.5 Å². The van der Waals surface area contributed by atoms with Crippen LogP contribution in [0.4, 0.5) is 0 Å². The molecule has 1 aromatic heterocycles. The van der Waals surface area contributed by atoms with Crippen LogP contribution >= 0.6 is 15.9 Å². The molecule has 0 spiro atoms. The summed E-state index contributed by atoms with van der Waals surface area (Å²) in [7, 11) is 3.19. The van der Waals surface area contributed by atoms with Gasteiger partial charge >= 0.3 is 0 Å². The molecule has 134 valence electrons. The molecular weight excluding hydrogens is 400 g/mol. The topological polar surface area (TPSA) is 73.6 Å². The molecule has 26 heavy (non-hydrogen) atoms. The fraction of sp³-hybridized carbons (Fsp3) is 0.158. The Labute approximate surface area is 159 Å². The summed E-state index contributed by atoms with van der Waals surface area (Å²) in [5, 5.41) is 6.67. The van der Waals surface area contributed by atoms with E-state index < -0.39 is 0 Å². The molecule has 1 amide bonds. The van der Waals surface area contributed by atoms with Gasteiger partial charge in [0.25, 0.3) is 5.91 Å². The summed E-state index contributed by atoms with van der Waals surface area (Å²) >= 11 is 3.42. The molecule has 0 unspecified atom stereocenters. The molecule has 3 rings (SSSR count). The molecule has 7 heteroatoms. The van der Waals surface area contributed by atoms with Crippen LogP contribution in [0.2, 0.25) is 0 Å². The quantitative estimate of drug-likeness (QED) is 0.655. The first kappa shape index (κ1) is 18.0. The van der Waals surface area contributed by atoms with Gasteiger partial charge in [-0.1, -0.05) is 17.3 Å². The summed E-state index contributed by atoms with van der Waals surface area (Å²) in [6, 6.07) is 14.6. The Hall–Kier alpha value is -2.80. The lowest BCUT2D eigenvalue weighted by atomic mass is 10.1. The van der Waals surface area contributed by atoms with Crippen molar-refractivity contribution < 1.29 is 18.8 Å². The summed E-state index contributed by atoms with van der Waals surface area (Å²) in [4.78, 5) is 12.3. The smallest absolute Gasteiger partial charge is 0.273 e. The van der Waals surface area contributed by atoms with Crippen LogP contribution in [0.15, 0.2) is 57.5 Å².